The first-order chi connectivity index (χ1) is 11.6. The Morgan fingerprint density at radius 3 is 2.62 bits per heavy atom. The Kier molecular flexibility index (Phi) is 4.87. The molecule has 1 aliphatic heterocycles. The van der Waals surface area contributed by atoms with Crippen LogP contribution in [0.2, 0.25) is 0 Å². The molecular formula is C18H21N3O3. The van der Waals surface area contributed by atoms with Gasteiger partial charge in [-0.1, -0.05) is 19.3 Å². The molecular weight excluding hydrogens is 306 g/mol. The lowest BCUT2D eigenvalue weighted by molar-refractivity contribution is -0.120. The van der Waals surface area contributed by atoms with Gasteiger partial charge in [0.25, 0.3) is 5.91 Å². The molecule has 126 valence electrons. The molecule has 1 fully saturated rings. The van der Waals surface area contributed by atoms with Crippen LogP contribution >= 0.6 is 0 Å². The average molecular weight is 327 g/mol. The Morgan fingerprint density at radius 2 is 1.92 bits per heavy atom. The van der Waals surface area contributed by atoms with Gasteiger partial charge >= 0.3 is 0 Å². The summed E-state index contributed by atoms with van der Waals surface area (Å²) in [6.45, 7) is 0.0892. The molecule has 0 unspecified atom stereocenters. The summed E-state index contributed by atoms with van der Waals surface area (Å²) < 4.78 is 0. The molecule has 1 aliphatic carbocycles. The molecule has 1 saturated carbocycles. The predicted octanol–water partition coefficient (Wildman–Crippen LogP) is 2.35. The van der Waals surface area contributed by atoms with Crippen molar-refractivity contribution in [3.05, 3.63) is 47.9 Å². The molecule has 6 nitrogen and oxygen atoms in total. The van der Waals surface area contributed by atoms with Crippen LogP contribution in [-0.4, -0.2) is 44.6 Å². The zero-order valence-electron chi connectivity index (χ0n) is 13.4. The molecule has 2 aliphatic rings. The zero-order valence-corrected chi connectivity index (χ0v) is 13.4. The topological polar surface area (TPSA) is 86.0 Å². The molecule has 2 heterocycles. The van der Waals surface area contributed by atoms with Crippen LogP contribution in [0.5, 0.6) is 0 Å². The summed E-state index contributed by atoms with van der Waals surface area (Å²) in [4.78, 5) is 19.8. The fourth-order valence-electron chi connectivity index (χ4n) is 3.14. The van der Waals surface area contributed by atoms with E-state index in [1.807, 2.05) is 12.1 Å². The van der Waals surface area contributed by atoms with Crippen molar-refractivity contribution in [2.75, 3.05) is 6.54 Å². The first-order valence-electron chi connectivity index (χ1n) is 8.16. The second-order valence-corrected chi connectivity index (χ2v) is 6.37. The number of amides is 1. The fraction of sp³-hybridized carbons (Fsp3) is 0.389. The highest BCUT2D eigenvalue weighted by molar-refractivity contribution is 6.20. The molecule has 0 aromatic carbocycles. The highest BCUT2D eigenvalue weighted by Crippen LogP contribution is 2.29. The van der Waals surface area contributed by atoms with E-state index in [2.05, 4.69) is 9.98 Å². The minimum absolute atomic E-state index is 0.0892. The summed E-state index contributed by atoms with van der Waals surface area (Å²) in [7, 11) is 0. The predicted molar refractivity (Wildman–Crippen MR) is 90.3 cm³/mol. The number of dihydropyridines is 1. The molecule has 24 heavy (non-hydrogen) atoms. The van der Waals surface area contributed by atoms with Gasteiger partial charge in [0.2, 0.25) is 0 Å². The third-order valence-electron chi connectivity index (χ3n) is 4.42. The van der Waals surface area contributed by atoms with Crippen molar-refractivity contribution in [2.24, 2.45) is 4.99 Å². The van der Waals surface area contributed by atoms with Gasteiger partial charge in [0.1, 0.15) is 0 Å². The number of hydroxylamine groups is 2. The molecule has 0 saturated heterocycles. The SMILES string of the molecule is O=C1N=CC(c2ccncc2)=CC1=CN(O)CC1(O)CCCCC1. The van der Waals surface area contributed by atoms with Gasteiger partial charge in [-0.05, 0) is 36.6 Å². The summed E-state index contributed by atoms with van der Waals surface area (Å²) >= 11 is 0. The van der Waals surface area contributed by atoms with E-state index >= 15 is 0 Å². The van der Waals surface area contributed by atoms with Crippen molar-refractivity contribution < 1.29 is 15.1 Å². The number of carbonyl (C=O) groups excluding carboxylic acids is 1. The van der Waals surface area contributed by atoms with Gasteiger partial charge in [-0.3, -0.25) is 20.0 Å². The van der Waals surface area contributed by atoms with Crippen molar-refractivity contribution in [3.8, 4) is 0 Å². The van der Waals surface area contributed by atoms with Crippen LogP contribution in [0.3, 0.4) is 0 Å². The fourth-order valence-corrected chi connectivity index (χ4v) is 3.14. The molecule has 2 N–H and O–H groups in total. The Bertz CT molecular complexity index is 689. The first kappa shape index (κ1) is 16.5. The summed E-state index contributed by atoms with van der Waals surface area (Å²) in [6, 6.07) is 3.65. The van der Waals surface area contributed by atoms with E-state index in [1.54, 1.807) is 18.5 Å². The summed E-state index contributed by atoms with van der Waals surface area (Å²) in [6.07, 6.45) is 12.2. The van der Waals surface area contributed by atoms with E-state index in [4.69, 9.17) is 0 Å². The Balaban J connectivity index is 1.76. The van der Waals surface area contributed by atoms with E-state index in [0.717, 1.165) is 35.5 Å². The molecule has 0 spiro atoms. The number of aliphatic imine (C=N–C) groups is 1. The smallest absolute Gasteiger partial charge is 0.278 e. The van der Waals surface area contributed by atoms with Gasteiger partial charge in [0, 0.05) is 30.4 Å². The van der Waals surface area contributed by atoms with Crippen molar-refractivity contribution in [3.63, 3.8) is 0 Å². The van der Waals surface area contributed by atoms with Gasteiger partial charge in [-0.15, -0.1) is 0 Å². The molecule has 3 rings (SSSR count). The van der Waals surface area contributed by atoms with Crippen LogP contribution in [-0.2, 0) is 4.79 Å². The highest BCUT2D eigenvalue weighted by Gasteiger charge is 2.31. The number of rotatable bonds is 4. The molecule has 0 radical (unpaired) electrons. The summed E-state index contributed by atoms with van der Waals surface area (Å²) in [5.41, 5.74) is 1.05. The lowest BCUT2D eigenvalue weighted by Gasteiger charge is -2.34. The van der Waals surface area contributed by atoms with E-state index < -0.39 is 11.5 Å². The van der Waals surface area contributed by atoms with Crippen molar-refractivity contribution in [2.45, 2.75) is 37.7 Å². The van der Waals surface area contributed by atoms with Gasteiger partial charge < -0.3 is 5.11 Å². The maximum absolute atomic E-state index is 12.0. The van der Waals surface area contributed by atoms with Crippen LogP contribution in [0.15, 0.2) is 47.4 Å². The quantitative estimate of drug-likeness (QED) is 0.655. The molecule has 0 bridgehead atoms. The third kappa shape index (κ3) is 3.96. The van der Waals surface area contributed by atoms with Crippen molar-refractivity contribution >= 4 is 17.7 Å². The lowest BCUT2D eigenvalue weighted by Crippen LogP contribution is -2.41. The Morgan fingerprint density at radius 1 is 1.21 bits per heavy atom. The summed E-state index contributed by atoms with van der Waals surface area (Å²) in [5, 5.41) is 21.5. The van der Waals surface area contributed by atoms with E-state index in [0.29, 0.717) is 12.8 Å². The molecule has 1 amide bonds. The monoisotopic (exact) mass is 327 g/mol. The number of carbonyl (C=O) groups is 1. The van der Waals surface area contributed by atoms with Crippen LogP contribution in [0.4, 0.5) is 0 Å². The number of aliphatic hydroxyl groups is 1. The van der Waals surface area contributed by atoms with E-state index in [1.165, 1.54) is 12.4 Å². The highest BCUT2D eigenvalue weighted by atomic mass is 16.5. The van der Waals surface area contributed by atoms with Crippen LogP contribution in [0.1, 0.15) is 37.7 Å². The van der Waals surface area contributed by atoms with Crippen LogP contribution in [0.25, 0.3) is 5.57 Å². The van der Waals surface area contributed by atoms with Crippen LogP contribution < -0.4 is 0 Å². The number of hydrogen-bond acceptors (Lipinski definition) is 5. The maximum Gasteiger partial charge on any atom is 0.278 e. The maximum atomic E-state index is 12.0. The van der Waals surface area contributed by atoms with Gasteiger partial charge in [0.05, 0.1) is 17.7 Å². The number of aromatic nitrogens is 1. The minimum Gasteiger partial charge on any atom is -0.388 e. The number of hydrogen-bond donors (Lipinski definition) is 2. The second-order valence-electron chi connectivity index (χ2n) is 6.37. The zero-order chi connectivity index (χ0) is 17.0. The number of pyridine rings is 1. The average Bonchev–Trinajstić information content (AvgIpc) is 2.58. The van der Waals surface area contributed by atoms with Gasteiger partial charge in [-0.25, -0.2) is 4.99 Å². The standard InChI is InChI=1S/C18H21N3O3/c22-17-16(10-15(11-20-17)14-4-8-19-9-5-14)12-21(24)13-18(23)6-2-1-3-7-18/h4-5,8-12,23-24H,1-3,6-7,13H2. The van der Waals surface area contributed by atoms with Crippen molar-refractivity contribution in [1.82, 2.24) is 10.0 Å². The largest absolute Gasteiger partial charge is 0.388 e. The lowest BCUT2D eigenvalue weighted by atomic mass is 9.85. The Labute approximate surface area is 140 Å². The third-order valence-corrected chi connectivity index (χ3v) is 4.42. The molecule has 0 atom stereocenters. The number of allylic oxidation sites excluding steroid dienone is 1. The van der Waals surface area contributed by atoms with E-state index in [-0.39, 0.29) is 12.1 Å². The van der Waals surface area contributed by atoms with E-state index in [9.17, 15) is 15.1 Å². The van der Waals surface area contributed by atoms with Gasteiger partial charge in [-0.2, -0.15) is 0 Å². The molecule has 1 aromatic heterocycles. The van der Waals surface area contributed by atoms with Gasteiger partial charge in [0.15, 0.2) is 0 Å². The number of nitrogens with zero attached hydrogens (tertiary/aromatic N) is 3. The Hall–Kier alpha value is -2.31. The normalized spacial score (nSPS) is 21.7. The molecule has 1 aromatic rings. The second kappa shape index (κ2) is 7.07. The summed E-state index contributed by atoms with van der Waals surface area (Å²) in [5.74, 6) is -0.414. The van der Waals surface area contributed by atoms with Crippen LogP contribution in [0, 0.1) is 0 Å². The van der Waals surface area contributed by atoms with Crippen molar-refractivity contribution in [1.29, 1.82) is 0 Å². The first-order valence-corrected chi connectivity index (χ1v) is 8.16. The minimum atomic E-state index is -0.900. The molecule has 6 heteroatoms.